The summed E-state index contributed by atoms with van der Waals surface area (Å²) in [6.45, 7) is 0.0333. The summed E-state index contributed by atoms with van der Waals surface area (Å²) >= 11 is 11.0. The minimum absolute atomic E-state index is 0.00912. The van der Waals surface area contributed by atoms with Gasteiger partial charge >= 0.3 is 12.4 Å². The zero-order chi connectivity index (χ0) is 15.1. The third kappa shape index (κ3) is 2.94. The minimum Gasteiger partial charge on any atom is -0.170 e. The van der Waals surface area contributed by atoms with E-state index in [2.05, 4.69) is 0 Å². The van der Waals surface area contributed by atoms with Crippen LogP contribution >= 0.6 is 23.2 Å². The predicted octanol–water partition coefficient (Wildman–Crippen LogP) is 5.75. The molecule has 0 spiro atoms. The maximum Gasteiger partial charge on any atom is 0.404 e. The molecule has 1 unspecified atom stereocenters. The molecule has 1 aromatic rings. The molecule has 0 aliphatic heterocycles. The molecule has 0 aliphatic rings. The van der Waals surface area contributed by atoms with Gasteiger partial charge in [0.25, 0.3) is 0 Å². The number of hydrogen-bond donors (Lipinski definition) is 0. The topological polar surface area (TPSA) is 0 Å². The maximum atomic E-state index is 12.8. The summed E-state index contributed by atoms with van der Waals surface area (Å²) in [5.41, 5.74) is -4.40. The smallest absolute Gasteiger partial charge is 0.170 e. The second-order valence-corrected chi connectivity index (χ2v) is 4.99. The summed E-state index contributed by atoms with van der Waals surface area (Å²) in [6.07, 6.45) is -11.1. The van der Waals surface area contributed by atoms with Crippen LogP contribution < -0.4 is 0 Å². The number of alkyl halides is 7. The Bertz CT molecular complexity index is 437. The van der Waals surface area contributed by atoms with E-state index in [0.717, 1.165) is 12.1 Å². The van der Waals surface area contributed by atoms with Crippen molar-refractivity contribution in [1.82, 2.24) is 0 Å². The second kappa shape index (κ2) is 5.05. The summed E-state index contributed by atoms with van der Waals surface area (Å²) in [7, 11) is 0. The van der Waals surface area contributed by atoms with Gasteiger partial charge in [-0.25, -0.2) is 0 Å². The minimum atomic E-state index is -5.54. The lowest BCUT2D eigenvalue weighted by Gasteiger charge is -2.37. The van der Waals surface area contributed by atoms with Crippen LogP contribution in [0.4, 0.5) is 26.3 Å². The van der Waals surface area contributed by atoms with E-state index in [1.807, 2.05) is 0 Å². The largest absolute Gasteiger partial charge is 0.404 e. The normalized spacial score (nSPS) is 15.4. The van der Waals surface area contributed by atoms with Crippen LogP contribution in [-0.2, 0) is 0 Å². The van der Waals surface area contributed by atoms with Gasteiger partial charge in [0.05, 0.1) is 5.38 Å². The molecule has 8 heteroatoms. The fourth-order valence-electron chi connectivity index (χ4n) is 1.45. The standard InChI is InChI=1S/C11H8Cl2F6/c1-9(10(14,15)16,11(17,18)19)8(13)6-3-2-4-7(12)5-6/h2-5,8H,1H3. The Morgan fingerprint density at radius 3 is 1.84 bits per heavy atom. The molecule has 0 radical (unpaired) electrons. The Hall–Kier alpha value is -0.620. The predicted molar refractivity (Wildman–Crippen MR) is 60.3 cm³/mol. The number of rotatable bonds is 2. The molecule has 0 saturated carbocycles. The van der Waals surface area contributed by atoms with E-state index in [4.69, 9.17) is 23.2 Å². The van der Waals surface area contributed by atoms with Crippen molar-refractivity contribution in [2.75, 3.05) is 0 Å². The van der Waals surface area contributed by atoms with Gasteiger partial charge in [0.15, 0.2) is 5.41 Å². The van der Waals surface area contributed by atoms with Gasteiger partial charge in [-0.2, -0.15) is 26.3 Å². The molecular weight excluding hydrogens is 317 g/mol. The lowest BCUT2D eigenvalue weighted by molar-refractivity contribution is -0.335. The molecular formula is C11H8Cl2F6. The number of halogens is 8. The lowest BCUT2D eigenvalue weighted by atomic mass is 9.81. The van der Waals surface area contributed by atoms with Crippen LogP contribution in [0.5, 0.6) is 0 Å². The highest BCUT2D eigenvalue weighted by atomic mass is 35.5. The van der Waals surface area contributed by atoms with Crippen molar-refractivity contribution < 1.29 is 26.3 Å². The average Bonchev–Trinajstić information content (AvgIpc) is 2.23. The highest BCUT2D eigenvalue weighted by molar-refractivity contribution is 6.30. The van der Waals surface area contributed by atoms with Gasteiger partial charge in [0.2, 0.25) is 0 Å². The van der Waals surface area contributed by atoms with Crippen molar-refractivity contribution in [3.8, 4) is 0 Å². The van der Waals surface area contributed by atoms with Gasteiger partial charge in [-0.3, -0.25) is 0 Å². The Labute approximate surface area is 115 Å². The van der Waals surface area contributed by atoms with E-state index >= 15 is 0 Å². The van der Waals surface area contributed by atoms with Crippen LogP contribution in [0.2, 0.25) is 5.02 Å². The SMILES string of the molecule is CC(C(Cl)c1cccc(Cl)c1)(C(F)(F)F)C(F)(F)F. The molecule has 19 heavy (non-hydrogen) atoms. The van der Waals surface area contributed by atoms with Gasteiger partial charge < -0.3 is 0 Å². The molecule has 0 fully saturated rings. The van der Waals surface area contributed by atoms with Gasteiger partial charge in [-0.1, -0.05) is 23.7 Å². The lowest BCUT2D eigenvalue weighted by Crippen LogP contribution is -2.50. The van der Waals surface area contributed by atoms with Crippen molar-refractivity contribution in [1.29, 1.82) is 0 Å². The first kappa shape index (κ1) is 16.4. The Kier molecular flexibility index (Phi) is 4.37. The summed E-state index contributed by atoms with van der Waals surface area (Å²) in [5, 5.41) is -2.32. The molecule has 1 atom stereocenters. The highest BCUT2D eigenvalue weighted by Crippen LogP contribution is 2.59. The molecule has 0 bridgehead atoms. The highest BCUT2D eigenvalue weighted by Gasteiger charge is 2.71. The van der Waals surface area contributed by atoms with E-state index in [-0.39, 0.29) is 17.5 Å². The van der Waals surface area contributed by atoms with Gasteiger partial charge in [-0.05, 0) is 24.6 Å². The first-order chi connectivity index (χ1) is 8.41. The van der Waals surface area contributed by atoms with Crippen LogP contribution in [0.1, 0.15) is 17.9 Å². The average molecular weight is 325 g/mol. The van der Waals surface area contributed by atoms with Gasteiger partial charge in [-0.15, -0.1) is 11.6 Å². The first-order valence-electron chi connectivity index (χ1n) is 4.94. The first-order valence-corrected chi connectivity index (χ1v) is 5.75. The van der Waals surface area contributed by atoms with Crippen LogP contribution in [0.3, 0.4) is 0 Å². The van der Waals surface area contributed by atoms with E-state index in [1.54, 1.807) is 0 Å². The van der Waals surface area contributed by atoms with Crippen molar-refractivity contribution in [2.45, 2.75) is 24.7 Å². The molecule has 0 nitrogen and oxygen atoms in total. The molecule has 108 valence electrons. The molecule has 0 aromatic heterocycles. The monoisotopic (exact) mass is 324 g/mol. The molecule has 0 heterocycles. The summed E-state index contributed by atoms with van der Waals surface area (Å²) < 4.78 is 76.8. The molecule has 0 N–H and O–H groups in total. The second-order valence-electron chi connectivity index (χ2n) is 4.12. The molecule has 1 rings (SSSR count). The molecule has 0 amide bonds. The van der Waals surface area contributed by atoms with E-state index < -0.39 is 23.1 Å². The van der Waals surface area contributed by atoms with Gasteiger partial charge in [0, 0.05) is 5.02 Å². The Morgan fingerprint density at radius 2 is 1.47 bits per heavy atom. The Balaban J connectivity index is 3.36. The number of hydrogen-bond acceptors (Lipinski definition) is 0. The summed E-state index contributed by atoms with van der Waals surface area (Å²) in [5.74, 6) is 0. The summed E-state index contributed by atoms with van der Waals surface area (Å²) in [4.78, 5) is 0. The van der Waals surface area contributed by atoms with E-state index in [9.17, 15) is 26.3 Å². The van der Waals surface area contributed by atoms with Crippen LogP contribution in [0.25, 0.3) is 0 Å². The maximum absolute atomic E-state index is 12.8. The third-order valence-electron chi connectivity index (χ3n) is 2.83. The molecule has 0 aliphatic carbocycles. The van der Waals surface area contributed by atoms with E-state index in [0.29, 0.717) is 0 Å². The number of benzene rings is 1. The molecule has 0 saturated heterocycles. The zero-order valence-corrected chi connectivity index (χ0v) is 10.9. The fraction of sp³-hybridized carbons (Fsp3) is 0.455. The Morgan fingerprint density at radius 1 is 1.00 bits per heavy atom. The zero-order valence-electron chi connectivity index (χ0n) is 9.41. The quantitative estimate of drug-likeness (QED) is 0.480. The molecule has 1 aromatic carbocycles. The fourth-order valence-corrected chi connectivity index (χ4v) is 2.03. The van der Waals surface area contributed by atoms with Crippen molar-refractivity contribution in [3.05, 3.63) is 34.9 Å². The van der Waals surface area contributed by atoms with Gasteiger partial charge in [0.1, 0.15) is 0 Å². The van der Waals surface area contributed by atoms with Crippen molar-refractivity contribution in [3.63, 3.8) is 0 Å². The van der Waals surface area contributed by atoms with E-state index in [1.165, 1.54) is 12.1 Å². The van der Waals surface area contributed by atoms with Crippen LogP contribution in [-0.4, -0.2) is 12.4 Å². The summed E-state index contributed by atoms with van der Waals surface area (Å²) in [6, 6.07) is 4.61. The van der Waals surface area contributed by atoms with Crippen molar-refractivity contribution >= 4 is 23.2 Å². The third-order valence-corrected chi connectivity index (χ3v) is 3.75. The van der Waals surface area contributed by atoms with Crippen LogP contribution in [0, 0.1) is 5.41 Å². The van der Waals surface area contributed by atoms with Crippen LogP contribution in [0.15, 0.2) is 24.3 Å². The van der Waals surface area contributed by atoms with Crippen molar-refractivity contribution in [2.24, 2.45) is 5.41 Å².